The van der Waals surface area contributed by atoms with Gasteiger partial charge in [0.2, 0.25) is 0 Å². The third-order valence-electron chi connectivity index (χ3n) is 1.38. The zero-order chi connectivity index (χ0) is 8.27. The first-order valence-electron chi connectivity index (χ1n) is 3.17. The summed E-state index contributed by atoms with van der Waals surface area (Å²) >= 11 is 0. The number of benzene rings is 1. The fraction of sp³-hybridized carbons (Fsp3) is 0.143. The van der Waals surface area contributed by atoms with Crippen molar-refractivity contribution in [3.05, 3.63) is 39.9 Å². The summed E-state index contributed by atoms with van der Waals surface area (Å²) in [6.07, 6.45) is 0. The van der Waals surface area contributed by atoms with Crippen LogP contribution in [0, 0.1) is 10.1 Å². The molecule has 0 atom stereocenters. The van der Waals surface area contributed by atoms with Gasteiger partial charge >= 0.3 is 37.7 Å². The van der Waals surface area contributed by atoms with Crippen LogP contribution in [0.5, 0.6) is 0 Å². The maximum atomic E-state index is 10.2. The van der Waals surface area contributed by atoms with Gasteiger partial charge in [-0.05, 0) is 5.56 Å². The van der Waals surface area contributed by atoms with Gasteiger partial charge in [0.15, 0.2) is 0 Å². The summed E-state index contributed by atoms with van der Waals surface area (Å²) in [5.41, 5.74) is 6.30. The Labute approximate surface area is 112 Å². The molecule has 0 bridgehead atoms. The van der Waals surface area contributed by atoms with Crippen LogP contribution in [0.15, 0.2) is 24.3 Å². The van der Waals surface area contributed by atoms with Gasteiger partial charge in [0.1, 0.15) is 0 Å². The third kappa shape index (κ3) is 4.78. The maximum absolute atomic E-state index is 10.2. The number of non-ortho nitro benzene ring substituents is 1. The molecule has 1 aromatic rings. The van der Waals surface area contributed by atoms with Crippen molar-refractivity contribution < 1.29 is 4.92 Å². The number of nitrogens with zero attached hydrogens (tertiary/aromatic N) is 1. The molecule has 0 saturated carbocycles. The van der Waals surface area contributed by atoms with Gasteiger partial charge < -0.3 is 5.73 Å². The first-order valence-corrected chi connectivity index (χ1v) is 3.17. The molecule has 0 aliphatic carbocycles. The Hall–Kier alpha value is 0.130. The Kier molecular flexibility index (Phi) is 9.03. The van der Waals surface area contributed by atoms with Crippen LogP contribution in [0.2, 0.25) is 0 Å². The second-order valence-corrected chi connectivity index (χ2v) is 2.13. The average molecular weight is 231 g/mol. The molecule has 1 aromatic carbocycles. The van der Waals surface area contributed by atoms with Gasteiger partial charge in [-0.3, -0.25) is 10.1 Å². The number of halogens is 1. The quantitative estimate of drug-likeness (QED) is 0.459. The van der Waals surface area contributed by atoms with Crippen LogP contribution in [0.1, 0.15) is 5.56 Å². The number of hydrogen-bond acceptors (Lipinski definition) is 3. The number of hydrogen-bond donors (Lipinski definition) is 1. The van der Waals surface area contributed by atoms with Crippen molar-refractivity contribution in [2.75, 3.05) is 0 Å². The molecule has 13 heavy (non-hydrogen) atoms. The predicted molar refractivity (Wildman–Crippen MR) is 56.8 cm³/mol. The molecule has 70 valence electrons. The molecule has 0 unspecified atom stereocenters. The Morgan fingerprint density at radius 2 is 1.77 bits per heavy atom. The summed E-state index contributed by atoms with van der Waals surface area (Å²) in [6.45, 7) is 0.415. The molecular formula is C7H11CaClN2O2. The van der Waals surface area contributed by atoms with Gasteiger partial charge in [-0.15, -0.1) is 12.4 Å². The van der Waals surface area contributed by atoms with Crippen molar-refractivity contribution in [3.63, 3.8) is 0 Å². The third-order valence-corrected chi connectivity index (χ3v) is 1.38. The van der Waals surface area contributed by atoms with E-state index in [-0.39, 0.29) is 55.8 Å². The van der Waals surface area contributed by atoms with Crippen molar-refractivity contribution in [2.45, 2.75) is 6.54 Å². The van der Waals surface area contributed by atoms with Crippen LogP contribution in [0.4, 0.5) is 5.69 Å². The first kappa shape index (κ1) is 15.6. The molecule has 2 N–H and O–H groups in total. The van der Waals surface area contributed by atoms with Crippen molar-refractivity contribution in [2.24, 2.45) is 5.73 Å². The molecule has 0 heterocycles. The molecule has 0 radical (unpaired) electrons. The van der Waals surface area contributed by atoms with Crippen molar-refractivity contribution in [1.29, 1.82) is 0 Å². The van der Waals surface area contributed by atoms with E-state index < -0.39 is 4.92 Å². The Morgan fingerprint density at radius 3 is 2.08 bits per heavy atom. The van der Waals surface area contributed by atoms with Crippen LogP contribution in [0.3, 0.4) is 0 Å². The van der Waals surface area contributed by atoms with Crippen LogP contribution in [0.25, 0.3) is 0 Å². The normalized spacial score (nSPS) is 8.08. The molecule has 1 rings (SSSR count). The number of rotatable bonds is 2. The standard InChI is InChI=1S/C7H8N2O2.Ca.ClH.2H/c8-5-6-1-3-7(4-2-6)9(10)11;;;;/h1-4H,5,8H2;;1H;;. The van der Waals surface area contributed by atoms with Crippen LogP contribution in [-0.2, 0) is 6.54 Å². The summed E-state index contributed by atoms with van der Waals surface area (Å²) < 4.78 is 0. The van der Waals surface area contributed by atoms with Gasteiger partial charge in [0, 0.05) is 18.7 Å². The van der Waals surface area contributed by atoms with E-state index in [0.29, 0.717) is 6.54 Å². The van der Waals surface area contributed by atoms with Crippen molar-refractivity contribution in [1.82, 2.24) is 0 Å². The van der Waals surface area contributed by atoms with E-state index in [1.165, 1.54) is 12.1 Å². The van der Waals surface area contributed by atoms with Gasteiger partial charge in [0.25, 0.3) is 5.69 Å². The minimum absolute atomic E-state index is 0. The van der Waals surface area contributed by atoms with Gasteiger partial charge in [0.05, 0.1) is 4.92 Å². The molecule has 0 spiro atoms. The zero-order valence-corrected chi connectivity index (χ0v) is 7.08. The molecular weight excluding hydrogens is 220 g/mol. The van der Waals surface area contributed by atoms with Crippen molar-refractivity contribution >= 4 is 55.8 Å². The van der Waals surface area contributed by atoms with Crippen LogP contribution >= 0.6 is 12.4 Å². The number of nitro benzene ring substituents is 1. The first-order chi connectivity index (χ1) is 5.24. The monoisotopic (exact) mass is 230 g/mol. The summed E-state index contributed by atoms with van der Waals surface area (Å²) in [7, 11) is 0. The van der Waals surface area contributed by atoms with E-state index in [1.807, 2.05) is 0 Å². The van der Waals surface area contributed by atoms with E-state index >= 15 is 0 Å². The molecule has 0 aliphatic heterocycles. The second-order valence-electron chi connectivity index (χ2n) is 2.13. The summed E-state index contributed by atoms with van der Waals surface area (Å²) in [6, 6.07) is 6.20. The topological polar surface area (TPSA) is 69.2 Å². The summed E-state index contributed by atoms with van der Waals surface area (Å²) in [5, 5.41) is 10.2. The van der Waals surface area contributed by atoms with Gasteiger partial charge in [-0.25, -0.2) is 0 Å². The average Bonchev–Trinajstić information content (AvgIpc) is 2.05. The summed E-state index contributed by atoms with van der Waals surface area (Å²) in [4.78, 5) is 9.74. The summed E-state index contributed by atoms with van der Waals surface area (Å²) in [5.74, 6) is 0. The second kappa shape index (κ2) is 7.53. The number of nitro groups is 1. The molecule has 4 nitrogen and oxygen atoms in total. The molecule has 0 saturated heterocycles. The Bertz CT molecular complexity index is 266. The zero-order valence-electron chi connectivity index (χ0n) is 6.27. The van der Waals surface area contributed by atoms with E-state index in [0.717, 1.165) is 5.56 Å². The van der Waals surface area contributed by atoms with Crippen LogP contribution in [-0.4, -0.2) is 42.7 Å². The van der Waals surface area contributed by atoms with Gasteiger partial charge in [-0.1, -0.05) is 12.1 Å². The molecule has 6 heteroatoms. The van der Waals surface area contributed by atoms with Crippen LogP contribution < -0.4 is 5.73 Å². The molecule has 0 aliphatic rings. The fourth-order valence-corrected chi connectivity index (χ4v) is 0.754. The van der Waals surface area contributed by atoms with E-state index in [9.17, 15) is 10.1 Å². The Morgan fingerprint density at radius 1 is 1.31 bits per heavy atom. The minimum atomic E-state index is -0.430. The fourth-order valence-electron chi connectivity index (χ4n) is 0.754. The predicted octanol–water partition coefficient (Wildman–Crippen LogP) is 0.559. The van der Waals surface area contributed by atoms with E-state index in [4.69, 9.17) is 5.73 Å². The van der Waals surface area contributed by atoms with E-state index in [1.54, 1.807) is 12.1 Å². The molecule has 0 aromatic heterocycles. The van der Waals surface area contributed by atoms with Gasteiger partial charge in [-0.2, -0.15) is 0 Å². The molecule has 0 amide bonds. The Balaban J connectivity index is 0. The SMILES string of the molecule is Cl.NCc1ccc([N+](=O)[O-])cc1.[CaH2]. The van der Waals surface area contributed by atoms with Crippen molar-refractivity contribution in [3.8, 4) is 0 Å². The van der Waals surface area contributed by atoms with E-state index in [2.05, 4.69) is 0 Å². The molecule has 0 fully saturated rings. The number of nitrogens with two attached hydrogens (primary N) is 1.